The first-order chi connectivity index (χ1) is 9.86. The molecule has 0 saturated carbocycles. The van der Waals surface area contributed by atoms with Crippen LogP contribution in [-0.2, 0) is 13.0 Å². The van der Waals surface area contributed by atoms with Crippen molar-refractivity contribution >= 4 is 21.4 Å². The second kappa shape index (κ2) is 6.07. The molecular formula is C17H17NOS. The zero-order valence-corrected chi connectivity index (χ0v) is 12.0. The Morgan fingerprint density at radius 3 is 2.60 bits per heavy atom. The van der Waals surface area contributed by atoms with Gasteiger partial charge >= 0.3 is 0 Å². The van der Waals surface area contributed by atoms with Crippen LogP contribution in [0.4, 0.5) is 0 Å². The van der Waals surface area contributed by atoms with Crippen molar-refractivity contribution in [2.75, 3.05) is 6.54 Å². The van der Waals surface area contributed by atoms with Crippen LogP contribution in [0.3, 0.4) is 0 Å². The fourth-order valence-corrected chi connectivity index (χ4v) is 3.17. The molecule has 0 atom stereocenters. The predicted octanol–water partition coefficient (Wildman–Crippen LogP) is 3.98. The average molecular weight is 283 g/mol. The van der Waals surface area contributed by atoms with Crippen molar-refractivity contribution in [2.45, 2.75) is 13.0 Å². The molecular weight excluding hydrogens is 266 g/mol. The molecule has 2 nitrogen and oxygen atoms in total. The quantitative estimate of drug-likeness (QED) is 0.768. The molecule has 0 spiro atoms. The van der Waals surface area contributed by atoms with Gasteiger partial charge in [0, 0.05) is 10.3 Å². The van der Waals surface area contributed by atoms with Crippen molar-refractivity contribution < 1.29 is 4.74 Å². The number of ether oxygens (including phenoxy) is 1. The van der Waals surface area contributed by atoms with Gasteiger partial charge in [-0.15, -0.1) is 11.3 Å². The normalized spacial score (nSPS) is 10.8. The topological polar surface area (TPSA) is 35.2 Å². The molecule has 1 heterocycles. The maximum Gasteiger partial charge on any atom is 0.119 e. The first-order valence-electron chi connectivity index (χ1n) is 6.74. The highest BCUT2D eigenvalue weighted by atomic mass is 32.1. The van der Waals surface area contributed by atoms with E-state index >= 15 is 0 Å². The molecule has 3 rings (SSSR count). The van der Waals surface area contributed by atoms with Gasteiger partial charge in [-0.05, 0) is 47.5 Å². The molecule has 0 amide bonds. The summed E-state index contributed by atoms with van der Waals surface area (Å²) in [5.41, 5.74) is 8.04. The Bertz CT molecular complexity index is 688. The zero-order chi connectivity index (χ0) is 13.8. The summed E-state index contributed by atoms with van der Waals surface area (Å²) in [4.78, 5) is 0. The fourth-order valence-electron chi connectivity index (χ4n) is 2.22. The fraction of sp³-hybridized carbons (Fsp3) is 0.176. The molecule has 0 unspecified atom stereocenters. The Balaban J connectivity index is 1.69. The van der Waals surface area contributed by atoms with E-state index in [4.69, 9.17) is 10.5 Å². The summed E-state index contributed by atoms with van der Waals surface area (Å²) in [5.74, 6) is 0.904. The molecule has 0 aliphatic rings. The van der Waals surface area contributed by atoms with Gasteiger partial charge in [0.2, 0.25) is 0 Å². The number of benzene rings is 2. The van der Waals surface area contributed by atoms with Gasteiger partial charge in [0.25, 0.3) is 0 Å². The number of nitrogens with two attached hydrogens (primary N) is 1. The summed E-state index contributed by atoms with van der Waals surface area (Å²) in [6.45, 7) is 1.29. The lowest BCUT2D eigenvalue weighted by molar-refractivity contribution is 0.308. The highest BCUT2D eigenvalue weighted by molar-refractivity contribution is 7.17. The van der Waals surface area contributed by atoms with E-state index in [0.717, 1.165) is 12.2 Å². The SMILES string of the molecule is NCCc1ccc(OCc2csc3ccccc23)cc1. The van der Waals surface area contributed by atoms with E-state index < -0.39 is 0 Å². The van der Waals surface area contributed by atoms with Gasteiger partial charge in [-0.25, -0.2) is 0 Å². The molecule has 0 saturated heterocycles. The highest BCUT2D eigenvalue weighted by Gasteiger charge is 2.04. The van der Waals surface area contributed by atoms with Crippen molar-refractivity contribution in [1.29, 1.82) is 0 Å². The van der Waals surface area contributed by atoms with E-state index in [-0.39, 0.29) is 0 Å². The first-order valence-corrected chi connectivity index (χ1v) is 7.62. The summed E-state index contributed by atoms with van der Waals surface area (Å²) in [6, 6.07) is 16.6. The van der Waals surface area contributed by atoms with E-state index in [1.165, 1.54) is 21.2 Å². The third-order valence-corrected chi connectivity index (χ3v) is 4.32. The van der Waals surface area contributed by atoms with Crippen LogP contribution in [-0.4, -0.2) is 6.54 Å². The van der Waals surface area contributed by atoms with Crippen LogP contribution in [0.2, 0.25) is 0 Å². The minimum Gasteiger partial charge on any atom is -0.489 e. The molecule has 102 valence electrons. The molecule has 0 bridgehead atoms. The molecule has 20 heavy (non-hydrogen) atoms. The molecule has 0 fully saturated rings. The standard InChI is InChI=1S/C17H17NOS/c18-10-9-13-5-7-15(8-6-13)19-11-14-12-20-17-4-2-1-3-16(14)17/h1-8,12H,9-11,18H2. The summed E-state index contributed by atoms with van der Waals surface area (Å²) >= 11 is 1.76. The third-order valence-electron chi connectivity index (χ3n) is 3.31. The molecule has 0 aliphatic carbocycles. The number of hydrogen-bond acceptors (Lipinski definition) is 3. The van der Waals surface area contributed by atoms with Crippen LogP contribution in [0.5, 0.6) is 5.75 Å². The largest absolute Gasteiger partial charge is 0.489 e. The number of rotatable bonds is 5. The Morgan fingerprint density at radius 2 is 1.80 bits per heavy atom. The number of thiophene rings is 1. The lowest BCUT2D eigenvalue weighted by atomic mass is 10.1. The highest BCUT2D eigenvalue weighted by Crippen LogP contribution is 2.26. The van der Waals surface area contributed by atoms with Crippen LogP contribution >= 0.6 is 11.3 Å². The van der Waals surface area contributed by atoms with Gasteiger partial charge in [-0.2, -0.15) is 0 Å². The summed E-state index contributed by atoms with van der Waals surface area (Å²) in [7, 11) is 0. The van der Waals surface area contributed by atoms with Crippen molar-refractivity contribution in [2.24, 2.45) is 5.73 Å². The Morgan fingerprint density at radius 1 is 1.00 bits per heavy atom. The predicted molar refractivity (Wildman–Crippen MR) is 85.4 cm³/mol. The number of fused-ring (bicyclic) bond motifs is 1. The van der Waals surface area contributed by atoms with E-state index in [0.29, 0.717) is 13.2 Å². The molecule has 0 radical (unpaired) electrons. The molecule has 3 heteroatoms. The van der Waals surface area contributed by atoms with E-state index in [1.807, 2.05) is 12.1 Å². The van der Waals surface area contributed by atoms with Crippen molar-refractivity contribution in [3.8, 4) is 5.75 Å². The van der Waals surface area contributed by atoms with Crippen LogP contribution in [0.15, 0.2) is 53.9 Å². The summed E-state index contributed by atoms with van der Waals surface area (Å²) < 4.78 is 7.18. The van der Waals surface area contributed by atoms with E-state index in [9.17, 15) is 0 Å². The van der Waals surface area contributed by atoms with Crippen molar-refractivity contribution in [1.82, 2.24) is 0 Å². The molecule has 3 aromatic rings. The lowest BCUT2D eigenvalue weighted by Gasteiger charge is -2.06. The minimum absolute atomic E-state index is 0.611. The second-order valence-corrected chi connectivity index (χ2v) is 5.64. The molecule has 1 aromatic heterocycles. The lowest BCUT2D eigenvalue weighted by Crippen LogP contribution is -2.02. The van der Waals surface area contributed by atoms with Gasteiger partial charge in [0.15, 0.2) is 0 Å². The maximum atomic E-state index is 5.87. The smallest absolute Gasteiger partial charge is 0.119 e. The summed E-state index contributed by atoms with van der Waals surface area (Å²) in [5, 5.41) is 3.46. The van der Waals surface area contributed by atoms with Crippen molar-refractivity contribution in [3.63, 3.8) is 0 Å². The minimum atomic E-state index is 0.611. The monoisotopic (exact) mass is 283 g/mol. The third kappa shape index (κ3) is 2.84. The van der Waals surface area contributed by atoms with Crippen LogP contribution in [0.25, 0.3) is 10.1 Å². The molecule has 0 aliphatic heterocycles. The van der Waals surface area contributed by atoms with Gasteiger partial charge in [0.05, 0.1) is 0 Å². The molecule has 2 N–H and O–H groups in total. The second-order valence-electron chi connectivity index (χ2n) is 4.73. The van der Waals surface area contributed by atoms with Crippen molar-refractivity contribution in [3.05, 3.63) is 65.0 Å². The van der Waals surface area contributed by atoms with Gasteiger partial charge < -0.3 is 10.5 Å². The Kier molecular flexibility index (Phi) is 4.00. The first kappa shape index (κ1) is 13.2. The Hall–Kier alpha value is -1.84. The van der Waals surface area contributed by atoms with Gasteiger partial charge in [0.1, 0.15) is 12.4 Å². The molecule has 2 aromatic carbocycles. The maximum absolute atomic E-state index is 5.87. The van der Waals surface area contributed by atoms with Crippen LogP contribution in [0.1, 0.15) is 11.1 Å². The number of hydrogen-bond donors (Lipinski definition) is 1. The van der Waals surface area contributed by atoms with Gasteiger partial charge in [-0.1, -0.05) is 30.3 Å². The Labute approximate surface area is 122 Å². The summed E-state index contributed by atoms with van der Waals surface area (Å²) in [6.07, 6.45) is 0.912. The van der Waals surface area contributed by atoms with E-state index in [1.54, 1.807) is 11.3 Å². The average Bonchev–Trinajstić information content (AvgIpc) is 2.90. The van der Waals surface area contributed by atoms with Gasteiger partial charge in [-0.3, -0.25) is 0 Å². The van der Waals surface area contributed by atoms with Crippen LogP contribution in [0, 0.1) is 0 Å². The zero-order valence-electron chi connectivity index (χ0n) is 11.2. The van der Waals surface area contributed by atoms with Crippen LogP contribution < -0.4 is 10.5 Å². The van der Waals surface area contributed by atoms with E-state index in [2.05, 4.69) is 41.8 Å².